The Morgan fingerprint density at radius 1 is 1.06 bits per heavy atom. The molecule has 4 nitrogen and oxygen atoms in total. The zero-order valence-corrected chi connectivity index (χ0v) is 21.2. The molecule has 34 heavy (non-hydrogen) atoms. The zero-order valence-electron chi connectivity index (χ0n) is 21.2. The number of benzene rings is 2. The van der Waals surface area contributed by atoms with Crippen molar-refractivity contribution in [2.75, 3.05) is 6.54 Å². The third kappa shape index (κ3) is 6.41. The van der Waals surface area contributed by atoms with Gasteiger partial charge >= 0.3 is 0 Å². The summed E-state index contributed by atoms with van der Waals surface area (Å²) in [5.74, 6) is 1.57. The van der Waals surface area contributed by atoms with Crippen LogP contribution in [0.2, 0.25) is 0 Å². The van der Waals surface area contributed by atoms with Crippen molar-refractivity contribution in [2.24, 2.45) is 0 Å². The van der Waals surface area contributed by atoms with E-state index in [4.69, 9.17) is 4.74 Å². The highest BCUT2D eigenvalue weighted by molar-refractivity contribution is 5.76. The highest BCUT2D eigenvalue weighted by atomic mass is 16.5. The second-order valence-electron chi connectivity index (χ2n) is 11.1. The molecule has 2 aromatic carbocycles. The van der Waals surface area contributed by atoms with Gasteiger partial charge in [-0.3, -0.25) is 4.79 Å². The molecule has 0 saturated heterocycles. The SMILES string of the molecule is CC(C)c1ccc(CC2(C)Cc3cc(CCC(=O)NCCC4(O)CCCCC4)ccc3O2)cc1. The molecule has 0 bridgehead atoms. The van der Waals surface area contributed by atoms with E-state index in [9.17, 15) is 9.90 Å². The Hall–Kier alpha value is -2.33. The maximum Gasteiger partial charge on any atom is 0.220 e. The van der Waals surface area contributed by atoms with Crippen LogP contribution in [0.3, 0.4) is 0 Å². The Labute approximate surface area is 205 Å². The van der Waals surface area contributed by atoms with Crippen molar-refractivity contribution < 1.29 is 14.6 Å². The van der Waals surface area contributed by atoms with Crippen LogP contribution in [-0.4, -0.2) is 28.8 Å². The van der Waals surface area contributed by atoms with Gasteiger partial charge < -0.3 is 15.2 Å². The van der Waals surface area contributed by atoms with E-state index in [2.05, 4.69) is 68.6 Å². The molecule has 0 spiro atoms. The smallest absolute Gasteiger partial charge is 0.220 e. The summed E-state index contributed by atoms with van der Waals surface area (Å²) in [5.41, 5.74) is 4.26. The van der Waals surface area contributed by atoms with Crippen LogP contribution in [0.1, 0.15) is 93.9 Å². The third-order valence-corrected chi connectivity index (χ3v) is 7.61. The summed E-state index contributed by atoms with van der Waals surface area (Å²) in [4.78, 5) is 12.4. The normalized spacial score (nSPS) is 21.2. The molecule has 1 amide bonds. The van der Waals surface area contributed by atoms with Crippen molar-refractivity contribution in [1.82, 2.24) is 5.32 Å². The van der Waals surface area contributed by atoms with Gasteiger partial charge in [-0.15, -0.1) is 0 Å². The number of rotatable bonds is 9. The van der Waals surface area contributed by atoms with Gasteiger partial charge in [0.25, 0.3) is 0 Å². The van der Waals surface area contributed by atoms with Gasteiger partial charge in [-0.25, -0.2) is 0 Å². The average molecular weight is 464 g/mol. The Balaban J connectivity index is 1.25. The van der Waals surface area contributed by atoms with E-state index in [1.807, 2.05) is 0 Å². The highest BCUT2D eigenvalue weighted by Gasteiger charge is 2.35. The van der Waals surface area contributed by atoms with Crippen LogP contribution < -0.4 is 10.1 Å². The lowest BCUT2D eigenvalue weighted by molar-refractivity contribution is -0.121. The van der Waals surface area contributed by atoms with Crippen LogP contribution >= 0.6 is 0 Å². The van der Waals surface area contributed by atoms with Gasteiger partial charge in [-0.2, -0.15) is 0 Å². The molecule has 1 fully saturated rings. The first kappa shape index (κ1) is 24.8. The maximum absolute atomic E-state index is 12.4. The van der Waals surface area contributed by atoms with E-state index in [0.717, 1.165) is 50.7 Å². The number of fused-ring (bicyclic) bond motifs is 1. The van der Waals surface area contributed by atoms with Gasteiger partial charge in [-0.05, 0) is 66.8 Å². The molecule has 1 aliphatic carbocycles. The predicted molar refractivity (Wildman–Crippen MR) is 137 cm³/mol. The number of aliphatic hydroxyl groups is 1. The number of hydrogen-bond donors (Lipinski definition) is 2. The van der Waals surface area contributed by atoms with Gasteiger partial charge in [0, 0.05) is 25.8 Å². The van der Waals surface area contributed by atoms with Crippen molar-refractivity contribution in [3.05, 3.63) is 64.7 Å². The van der Waals surface area contributed by atoms with Crippen molar-refractivity contribution in [1.29, 1.82) is 0 Å². The fraction of sp³-hybridized carbons (Fsp3) is 0.567. The van der Waals surface area contributed by atoms with Crippen LogP contribution in [0.25, 0.3) is 0 Å². The largest absolute Gasteiger partial charge is 0.487 e. The van der Waals surface area contributed by atoms with Crippen LogP contribution in [0.4, 0.5) is 0 Å². The van der Waals surface area contributed by atoms with Gasteiger partial charge in [0.2, 0.25) is 5.91 Å². The predicted octanol–water partition coefficient (Wildman–Crippen LogP) is 5.88. The van der Waals surface area contributed by atoms with Crippen molar-refractivity contribution >= 4 is 5.91 Å². The second-order valence-corrected chi connectivity index (χ2v) is 11.1. The van der Waals surface area contributed by atoms with Crippen LogP contribution in [0, 0.1) is 0 Å². The number of aryl methyl sites for hydroxylation is 1. The van der Waals surface area contributed by atoms with Crippen LogP contribution in [-0.2, 0) is 24.1 Å². The minimum Gasteiger partial charge on any atom is -0.487 e. The second kappa shape index (κ2) is 10.5. The highest BCUT2D eigenvalue weighted by Crippen LogP contribution is 2.38. The molecule has 1 heterocycles. The fourth-order valence-corrected chi connectivity index (χ4v) is 5.52. The lowest BCUT2D eigenvalue weighted by atomic mass is 9.82. The maximum atomic E-state index is 12.4. The quantitative estimate of drug-likeness (QED) is 0.488. The van der Waals surface area contributed by atoms with E-state index in [-0.39, 0.29) is 11.5 Å². The fourth-order valence-electron chi connectivity index (χ4n) is 5.52. The molecule has 0 radical (unpaired) electrons. The summed E-state index contributed by atoms with van der Waals surface area (Å²) in [6.07, 6.45) is 8.74. The van der Waals surface area contributed by atoms with Crippen LogP contribution in [0.5, 0.6) is 5.75 Å². The summed E-state index contributed by atoms with van der Waals surface area (Å²) in [6, 6.07) is 15.3. The van der Waals surface area contributed by atoms with Gasteiger partial charge in [0.1, 0.15) is 11.4 Å². The van der Waals surface area contributed by atoms with Crippen molar-refractivity contribution in [2.45, 2.75) is 102 Å². The minimum atomic E-state index is -0.575. The number of carbonyl (C=O) groups excluding carboxylic acids is 1. The lowest BCUT2D eigenvalue weighted by Gasteiger charge is -2.32. The number of amides is 1. The molecule has 184 valence electrons. The molecule has 1 saturated carbocycles. The molecule has 4 heteroatoms. The van der Waals surface area contributed by atoms with Gasteiger partial charge in [-0.1, -0.05) is 69.5 Å². The first-order valence-corrected chi connectivity index (χ1v) is 13.1. The summed E-state index contributed by atoms with van der Waals surface area (Å²) >= 11 is 0. The molecule has 2 N–H and O–H groups in total. The number of hydrogen-bond acceptors (Lipinski definition) is 3. The van der Waals surface area contributed by atoms with Crippen molar-refractivity contribution in [3.8, 4) is 5.75 Å². The Kier molecular flexibility index (Phi) is 7.67. The molecule has 2 aromatic rings. The first-order valence-electron chi connectivity index (χ1n) is 13.1. The molecule has 1 aliphatic heterocycles. The average Bonchev–Trinajstić information content (AvgIpc) is 3.13. The van der Waals surface area contributed by atoms with Crippen molar-refractivity contribution in [3.63, 3.8) is 0 Å². The number of nitrogens with one attached hydrogen (secondary N) is 1. The van der Waals surface area contributed by atoms with Crippen LogP contribution in [0.15, 0.2) is 42.5 Å². The van der Waals surface area contributed by atoms with E-state index >= 15 is 0 Å². The summed E-state index contributed by atoms with van der Waals surface area (Å²) in [7, 11) is 0. The molecule has 1 atom stereocenters. The molecular weight excluding hydrogens is 422 g/mol. The minimum absolute atomic E-state index is 0.0610. The zero-order chi connectivity index (χ0) is 24.2. The van der Waals surface area contributed by atoms with E-state index < -0.39 is 5.60 Å². The molecular formula is C30H41NO3. The lowest BCUT2D eigenvalue weighted by Crippen LogP contribution is -2.36. The molecule has 4 rings (SSSR count). The Bertz CT molecular complexity index is 975. The summed E-state index contributed by atoms with van der Waals surface area (Å²) in [5, 5.41) is 13.6. The third-order valence-electron chi connectivity index (χ3n) is 7.61. The summed E-state index contributed by atoms with van der Waals surface area (Å²) < 4.78 is 6.37. The van der Waals surface area contributed by atoms with E-state index in [0.29, 0.717) is 25.3 Å². The molecule has 2 aliphatic rings. The molecule has 1 unspecified atom stereocenters. The Morgan fingerprint density at radius 3 is 2.47 bits per heavy atom. The van der Waals surface area contributed by atoms with Gasteiger partial charge in [0.15, 0.2) is 0 Å². The molecule has 0 aromatic heterocycles. The number of ether oxygens (including phenoxy) is 1. The standard InChI is InChI=1S/C30H41NO3/c1-22(2)25-11-7-24(8-12-25)20-29(3)21-26-19-23(9-13-27(26)34-29)10-14-28(32)31-18-17-30(33)15-5-4-6-16-30/h7-9,11-13,19,22,33H,4-6,10,14-18,20-21H2,1-3H3,(H,31,32). The summed E-state index contributed by atoms with van der Waals surface area (Å²) in [6.45, 7) is 7.19. The Morgan fingerprint density at radius 2 is 1.76 bits per heavy atom. The van der Waals surface area contributed by atoms with E-state index in [1.54, 1.807) is 0 Å². The monoisotopic (exact) mass is 463 g/mol. The number of carbonyl (C=O) groups is 1. The topological polar surface area (TPSA) is 58.6 Å². The van der Waals surface area contributed by atoms with Gasteiger partial charge in [0.05, 0.1) is 5.60 Å². The first-order chi connectivity index (χ1) is 16.2. The van der Waals surface area contributed by atoms with E-state index in [1.165, 1.54) is 28.7 Å².